The Morgan fingerprint density at radius 1 is 1.33 bits per heavy atom. The molecule has 3 N–H and O–H groups in total. The normalized spacial score (nSPS) is 14.7. The van der Waals surface area contributed by atoms with Gasteiger partial charge in [0.05, 0.1) is 18.4 Å². The molecule has 0 aliphatic carbocycles. The second-order valence-electron chi connectivity index (χ2n) is 6.72. The van der Waals surface area contributed by atoms with E-state index in [1.54, 1.807) is 24.5 Å². The van der Waals surface area contributed by atoms with Crippen LogP contribution in [0.1, 0.15) is 22.5 Å². The lowest BCUT2D eigenvalue weighted by Crippen LogP contribution is -2.50. The Bertz CT molecular complexity index is 922. The van der Waals surface area contributed by atoms with Crippen LogP contribution in [-0.4, -0.2) is 79.8 Å². The van der Waals surface area contributed by atoms with Crippen molar-refractivity contribution in [2.45, 2.75) is 31.1 Å². The first-order chi connectivity index (χ1) is 14.1. The van der Waals surface area contributed by atoms with Crippen molar-refractivity contribution in [1.82, 2.24) is 15.3 Å². The number of nitrogens with one attached hydrogen (secondary N) is 1. The van der Waals surface area contributed by atoms with E-state index in [1.165, 1.54) is 19.5 Å². The molecule has 0 saturated heterocycles. The van der Waals surface area contributed by atoms with Crippen LogP contribution < -0.4 is 9.62 Å². The molecule has 2 heterocycles. The summed E-state index contributed by atoms with van der Waals surface area (Å²) in [5, 5.41) is 25.2. The number of anilines is 1. The molecule has 0 fully saturated rings. The SMILES string of the molecule is COCCC(O)C(O)C(Cc1ccncc1)NC(=O)c1csc(N(C)S(C)(=O)=O)n1. The van der Waals surface area contributed by atoms with Gasteiger partial charge in [-0.3, -0.25) is 9.78 Å². The third-order valence-electron chi connectivity index (χ3n) is 4.44. The van der Waals surface area contributed by atoms with Crippen LogP contribution in [-0.2, 0) is 21.2 Å². The number of rotatable bonds is 11. The van der Waals surface area contributed by atoms with E-state index in [0.717, 1.165) is 27.5 Å². The molecular formula is C18H26N4O6S2. The molecular weight excluding hydrogens is 432 g/mol. The molecule has 0 aliphatic rings. The number of amides is 1. The second kappa shape index (κ2) is 10.8. The summed E-state index contributed by atoms with van der Waals surface area (Å²) in [4.78, 5) is 20.7. The van der Waals surface area contributed by atoms with E-state index in [1.807, 2.05) is 0 Å². The average molecular weight is 459 g/mol. The largest absolute Gasteiger partial charge is 0.390 e. The van der Waals surface area contributed by atoms with Crippen LogP contribution in [0.25, 0.3) is 0 Å². The number of ether oxygens (including phenoxy) is 1. The summed E-state index contributed by atoms with van der Waals surface area (Å²) >= 11 is 1.01. The maximum Gasteiger partial charge on any atom is 0.271 e. The van der Waals surface area contributed by atoms with Crippen molar-refractivity contribution in [3.05, 3.63) is 41.2 Å². The number of aromatic nitrogens is 2. The third kappa shape index (κ3) is 6.71. The smallest absolute Gasteiger partial charge is 0.271 e. The van der Waals surface area contributed by atoms with Gasteiger partial charge < -0.3 is 20.3 Å². The maximum absolute atomic E-state index is 12.7. The minimum absolute atomic E-state index is 0.0174. The lowest BCUT2D eigenvalue weighted by Gasteiger charge is -2.27. The lowest BCUT2D eigenvalue weighted by molar-refractivity contribution is -0.0177. The zero-order valence-corrected chi connectivity index (χ0v) is 18.6. The third-order valence-corrected chi connectivity index (χ3v) is 6.64. The molecule has 0 bridgehead atoms. The lowest BCUT2D eigenvalue weighted by atomic mass is 9.96. The van der Waals surface area contributed by atoms with E-state index >= 15 is 0 Å². The highest BCUT2D eigenvalue weighted by atomic mass is 32.2. The van der Waals surface area contributed by atoms with E-state index in [9.17, 15) is 23.4 Å². The van der Waals surface area contributed by atoms with Crippen molar-refractivity contribution in [2.75, 3.05) is 31.3 Å². The molecule has 30 heavy (non-hydrogen) atoms. The standard InChI is InChI=1S/C18H26N4O6S2/c1-22(30(3,26)27)18-21-14(11-29-18)17(25)20-13(10-12-4-7-19-8-5-12)16(24)15(23)6-9-28-2/h4-5,7-8,11,13,15-16,23-24H,6,9-10H2,1-3H3,(H,20,25). The first kappa shape index (κ1) is 24.2. The Kier molecular flexibility index (Phi) is 8.67. The van der Waals surface area contributed by atoms with Gasteiger partial charge in [0.2, 0.25) is 10.0 Å². The van der Waals surface area contributed by atoms with Gasteiger partial charge in [-0.2, -0.15) is 0 Å². The van der Waals surface area contributed by atoms with Crippen molar-refractivity contribution in [2.24, 2.45) is 0 Å². The van der Waals surface area contributed by atoms with Crippen LogP contribution in [0.3, 0.4) is 0 Å². The molecule has 0 aliphatic heterocycles. The number of hydrogen-bond acceptors (Lipinski definition) is 9. The van der Waals surface area contributed by atoms with Crippen molar-refractivity contribution in [3.63, 3.8) is 0 Å². The van der Waals surface area contributed by atoms with Crippen LogP contribution in [0.5, 0.6) is 0 Å². The van der Waals surface area contributed by atoms with Gasteiger partial charge in [0.1, 0.15) is 11.8 Å². The quantitative estimate of drug-likeness (QED) is 0.428. The van der Waals surface area contributed by atoms with Crippen LogP contribution in [0, 0.1) is 0 Å². The Labute approximate surface area is 179 Å². The zero-order valence-electron chi connectivity index (χ0n) is 16.9. The Hall–Kier alpha value is -2.12. The summed E-state index contributed by atoms with van der Waals surface area (Å²) in [7, 11) is -0.673. The van der Waals surface area contributed by atoms with Crippen molar-refractivity contribution < 1.29 is 28.2 Å². The Morgan fingerprint density at radius 3 is 2.60 bits per heavy atom. The first-order valence-electron chi connectivity index (χ1n) is 9.07. The Balaban J connectivity index is 2.18. The number of carbonyl (C=O) groups excluding carboxylic acids is 1. The molecule has 2 aromatic rings. The van der Waals surface area contributed by atoms with Gasteiger partial charge in [-0.05, 0) is 30.5 Å². The van der Waals surface area contributed by atoms with E-state index in [4.69, 9.17) is 4.74 Å². The number of aliphatic hydroxyl groups is 2. The summed E-state index contributed by atoms with van der Waals surface area (Å²) in [5.41, 5.74) is 0.827. The average Bonchev–Trinajstić information content (AvgIpc) is 3.20. The highest BCUT2D eigenvalue weighted by Gasteiger charge is 2.29. The van der Waals surface area contributed by atoms with E-state index in [-0.39, 0.29) is 30.3 Å². The molecule has 0 radical (unpaired) electrons. The van der Waals surface area contributed by atoms with Gasteiger partial charge in [0, 0.05) is 38.5 Å². The summed E-state index contributed by atoms with van der Waals surface area (Å²) < 4.78 is 29.2. The molecule has 2 aromatic heterocycles. The van der Waals surface area contributed by atoms with Crippen molar-refractivity contribution in [3.8, 4) is 0 Å². The van der Waals surface area contributed by atoms with Gasteiger partial charge in [-0.25, -0.2) is 17.7 Å². The maximum atomic E-state index is 12.7. The number of aliphatic hydroxyl groups excluding tert-OH is 2. The topological polar surface area (TPSA) is 142 Å². The van der Waals surface area contributed by atoms with Gasteiger partial charge >= 0.3 is 0 Å². The monoisotopic (exact) mass is 458 g/mol. The van der Waals surface area contributed by atoms with Gasteiger partial charge in [-0.1, -0.05) is 0 Å². The van der Waals surface area contributed by atoms with Crippen LogP contribution >= 0.6 is 11.3 Å². The number of thiazole rings is 1. The molecule has 12 heteroatoms. The molecule has 0 spiro atoms. The number of nitrogens with zero attached hydrogens (tertiary/aromatic N) is 3. The molecule has 3 atom stereocenters. The molecule has 166 valence electrons. The van der Waals surface area contributed by atoms with E-state index in [0.29, 0.717) is 0 Å². The van der Waals surface area contributed by atoms with Crippen LogP contribution in [0.4, 0.5) is 5.13 Å². The predicted molar refractivity (Wildman–Crippen MR) is 113 cm³/mol. The molecule has 1 amide bonds. The molecule has 0 aromatic carbocycles. The molecule has 0 saturated carbocycles. The zero-order chi connectivity index (χ0) is 22.3. The number of carbonyl (C=O) groups is 1. The predicted octanol–water partition coefficient (Wildman–Crippen LogP) is 0.0333. The summed E-state index contributed by atoms with van der Waals surface area (Å²) in [6.45, 7) is 0.251. The van der Waals surface area contributed by atoms with Gasteiger partial charge in [-0.15, -0.1) is 11.3 Å². The molecule has 10 nitrogen and oxygen atoms in total. The summed E-state index contributed by atoms with van der Waals surface area (Å²) in [6.07, 6.45) is 2.30. The summed E-state index contributed by atoms with van der Waals surface area (Å²) in [5.74, 6) is -0.587. The van der Waals surface area contributed by atoms with Crippen molar-refractivity contribution >= 4 is 32.4 Å². The second-order valence-corrected chi connectivity index (χ2v) is 9.58. The number of methoxy groups -OCH3 is 1. The molecule has 2 rings (SSSR count). The van der Waals surface area contributed by atoms with E-state index in [2.05, 4.69) is 15.3 Å². The number of hydrogen-bond donors (Lipinski definition) is 3. The minimum atomic E-state index is -3.51. The molecule has 3 unspecified atom stereocenters. The summed E-state index contributed by atoms with van der Waals surface area (Å²) in [6, 6.07) is 2.68. The van der Waals surface area contributed by atoms with Crippen molar-refractivity contribution in [1.29, 1.82) is 0 Å². The van der Waals surface area contributed by atoms with Crippen LogP contribution in [0.15, 0.2) is 29.9 Å². The van der Waals surface area contributed by atoms with Gasteiger partial charge in [0.25, 0.3) is 5.91 Å². The minimum Gasteiger partial charge on any atom is -0.390 e. The van der Waals surface area contributed by atoms with Crippen LogP contribution in [0.2, 0.25) is 0 Å². The fourth-order valence-electron chi connectivity index (χ4n) is 2.60. The van der Waals surface area contributed by atoms with Gasteiger partial charge in [0.15, 0.2) is 5.13 Å². The van der Waals surface area contributed by atoms with E-state index < -0.39 is 34.2 Å². The fourth-order valence-corrected chi connectivity index (χ4v) is 4.14. The number of sulfonamides is 1. The number of pyridine rings is 1. The highest BCUT2D eigenvalue weighted by molar-refractivity contribution is 7.92. The first-order valence-corrected chi connectivity index (χ1v) is 11.8. The fraction of sp³-hybridized carbons (Fsp3) is 0.500. The highest BCUT2D eigenvalue weighted by Crippen LogP contribution is 2.21. The Morgan fingerprint density at radius 2 is 2.00 bits per heavy atom.